The Labute approximate surface area is 196 Å². The summed E-state index contributed by atoms with van der Waals surface area (Å²) >= 11 is 5.72. The Morgan fingerprint density at radius 3 is 1.27 bits per heavy atom. The second-order valence-electron chi connectivity index (χ2n) is 7.14. The molecule has 33 heavy (non-hydrogen) atoms. The van der Waals surface area contributed by atoms with Gasteiger partial charge in [0.15, 0.2) is 29.5 Å². The average Bonchev–Trinajstić information content (AvgIpc) is 2.58. The Bertz CT molecular complexity index is 1460. The molecule has 0 saturated heterocycles. The summed E-state index contributed by atoms with van der Waals surface area (Å²) in [6.07, 6.45) is 2.68. The van der Waals surface area contributed by atoms with Crippen LogP contribution in [-0.4, -0.2) is 66.2 Å². The van der Waals surface area contributed by atoms with Crippen LogP contribution in [0.25, 0.3) is 0 Å². The molecule has 2 N–H and O–H groups in total. The van der Waals surface area contributed by atoms with Gasteiger partial charge in [0, 0.05) is 18.8 Å². The van der Waals surface area contributed by atoms with Gasteiger partial charge in [-0.2, -0.15) is 0 Å². The Kier molecular flexibility index (Phi) is 8.47. The van der Waals surface area contributed by atoms with Gasteiger partial charge >= 0.3 is 11.9 Å². The number of carbonyl (C=O) groups is 2. The van der Waals surface area contributed by atoms with E-state index in [2.05, 4.69) is 0 Å². The molecule has 2 rings (SSSR count). The molecule has 0 heterocycles. The zero-order chi connectivity index (χ0) is 26.1. The molecule has 182 valence electrons. The summed E-state index contributed by atoms with van der Waals surface area (Å²) in [5.74, 6) is -2.48. The number of hydrogen-bond acceptors (Lipinski definition) is 8. The molecule has 0 aromatic heterocycles. The van der Waals surface area contributed by atoms with Gasteiger partial charge in [0.2, 0.25) is 0 Å². The lowest BCUT2D eigenvalue weighted by Gasteiger charge is -2.10. The van der Waals surface area contributed by atoms with Crippen LogP contribution in [0.3, 0.4) is 0 Å². The van der Waals surface area contributed by atoms with Crippen molar-refractivity contribution in [2.75, 3.05) is 18.8 Å². The zero-order valence-corrected chi connectivity index (χ0v) is 21.3. The van der Waals surface area contributed by atoms with Gasteiger partial charge in [-0.1, -0.05) is 11.6 Å². The lowest BCUT2D eigenvalue weighted by Crippen LogP contribution is -2.11. The fourth-order valence-corrected chi connectivity index (χ4v) is 6.50. The lowest BCUT2D eigenvalue weighted by molar-refractivity contribution is 0.0684. The van der Waals surface area contributed by atoms with Gasteiger partial charge in [0.25, 0.3) is 0 Å². The van der Waals surface area contributed by atoms with Crippen LogP contribution in [0.1, 0.15) is 31.8 Å². The van der Waals surface area contributed by atoms with Gasteiger partial charge < -0.3 is 10.2 Å². The van der Waals surface area contributed by atoms with Crippen molar-refractivity contribution < 1.29 is 45.1 Å². The van der Waals surface area contributed by atoms with Crippen LogP contribution >= 0.6 is 11.6 Å². The summed E-state index contributed by atoms with van der Waals surface area (Å²) in [5, 5.41) is 17.8. The Morgan fingerprint density at radius 1 is 0.636 bits per heavy atom. The number of hydrogen-bond donors (Lipinski definition) is 2. The third-order valence-electron chi connectivity index (χ3n) is 4.23. The molecule has 14 heteroatoms. The third-order valence-corrected chi connectivity index (χ3v) is 8.19. The number of aromatic carboxylic acids is 2. The number of rotatable bonds is 5. The highest BCUT2D eigenvalue weighted by atomic mass is 35.5. The van der Waals surface area contributed by atoms with Crippen LogP contribution in [0.2, 0.25) is 5.02 Å². The first-order valence-electron chi connectivity index (χ1n) is 8.69. The van der Waals surface area contributed by atoms with E-state index in [0.29, 0.717) is 5.56 Å². The van der Waals surface area contributed by atoms with Crippen molar-refractivity contribution in [3.63, 3.8) is 0 Å². The van der Waals surface area contributed by atoms with Crippen molar-refractivity contribution >= 4 is 53.1 Å². The fraction of sp³-hybridized carbons (Fsp3) is 0.263. The largest absolute Gasteiger partial charge is 0.478 e. The molecule has 0 aliphatic rings. The maximum Gasteiger partial charge on any atom is 0.335 e. The summed E-state index contributed by atoms with van der Waals surface area (Å²) < 4.78 is 68.6. The van der Waals surface area contributed by atoms with Gasteiger partial charge in [-0.15, -0.1) is 0 Å². The zero-order valence-electron chi connectivity index (χ0n) is 18.1. The fourth-order valence-electron chi connectivity index (χ4n) is 2.64. The predicted octanol–water partition coefficient (Wildman–Crippen LogP) is 2.25. The lowest BCUT2D eigenvalue weighted by atomic mass is 10.1. The molecule has 0 fully saturated rings. The van der Waals surface area contributed by atoms with Gasteiger partial charge in [0.05, 0.1) is 30.8 Å². The first-order chi connectivity index (χ1) is 14.7. The molecule has 0 spiro atoms. The molecule has 2 aromatic carbocycles. The summed E-state index contributed by atoms with van der Waals surface area (Å²) in [4.78, 5) is 20.7. The molecule has 0 atom stereocenters. The Balaban J connectivity index is 0.000000335. The topological polar surface area (TPSA) is 177 Å². The average molecular weight is 541 g/mol. The second-order valence-corrected chi connectivity index (χ2v) is 13.5. The molecule has 0 amide bonds. The number of carboxylic acids is 2. The van der Waals surface area contributed by atoms with Crippen LogP contribution < -0.4 is 0 Å². The van der Waals surface area contributed by atoms with Crippen molar-refractivity contribution in [3.05, 3.63) is 51.5 Å². The first kappa shape index (κ1) is 28.6. The van der Waals surface area contributed by atoms with Crippen molar-refractivity contribution in [2.24, 2.45) is 0 Å². The van der Waals surface area contributed by atoms with Crippen LogP contribution in [0.15, 0.2) is 39.0 Å². The minimum atomic E-state index is -3.83. The van der Waals surface area contributed by atoms with E-state index in [-0.39, 0.29) is 31.5 Å². The van der Waals surface area contributed by atoms with Gasteiger partial charge in [-0.05, 0) is 49.2 Å². The van der Waals surface area contributed by atoms with E-state index in [4.69, 9.17) is 21.8 Å². The standard InChI is InChI=1S/C10H12O6S2.C9H9ClO4S/c1-6-4-8(17(2,13)14)9(18(3,15)16)5-7(6)10(11)12;1-5-3-7(10)8(15(2,13)14)4-6(5)9(11)12/h4-5H,1-3H3,(H,11,12);3-4H,1-2H3,(H,11,12). The van der Waals surface area contributed by atoms with E-state index in [0.717, 1.165) is 37.0 Å². The first-order valence-corrected chi connectivity index (χ1v) is 14.7. The molecule has 10 nitrogen and oxygen atoms in total. The summed E-state index contributed by atoms with van der Waals surface area (Å²) in [5.41, 5.74) is 0.331. The van der Waals surface area contributed by atoms with Crippen LogP contribution in [0.5, 0.6) is 0 Å². The second kappa shape index (κ2) is 9.79. The van der Waals surface area contributed by atoms with Crippen molar-refractivity contribution in [3.8, 4) is 0 Å². The minimum absolute atomic E-state index is 0.0417. The number of benzene rings is 2. The van der Waals surface area contributed by atoms with Crippen molar-refractivity contribution in [1.29, 1.82) is 0 Å². The molecule has 2 aromatic rings. The Hall–Kier alpha value is -2.48. The van der Waals surface area contributed by atoms with E-state index in [9.17, 15) is 34.8 Å². The molecular weight excluding hydrogens is 520 g/mol. The quantitative estimate of drug-likeness (QED) is 0.571. The monoisotopic (exact) mass is 540 g/mol. The molecule has 0 saturated carbocycles. The van der Waals surface area contributed by atoms with Crippen molar-refractivity contribution in [2.45, 2.75) is 28.5 Å². The van der Waals surface area contributed by atoms with Crippen LogP contribution in [0.4, 0.5) is 0 Å². The van der Waals surface area contributed by atoms with Crippen molar-refractivity contribution in [1.82, 2.24) is 0 Å². The molecular formula is C19H21ClO10S3. The molecule has 0 radical (unpaired) electrons. The summed E-state index contributed by atoms with van der Waals surface area (Å²) in [7, 11) is -11.1. The number of halogens is 1. The number of aryl methyl sites for hydroxylation is 2. The van der Waals surface area contributed by atoms with E-state index in [1.165, 1.54) is 13.0 Å². The molecule has 0 aliphatic carbocycles. The Morgan fingerprint density at radius 2 is 0.939 bits per heavy atom. The summed E-state index contributed by atoms with van der Waals surface area (Å²) in [6.45, 7) is 2.96. The summed E-state index contributed by atoms with van der Waals surface area (Å²) in [6, 6.07) is 4.36. The van der Waals surface area contributed by atoms with Crippen LogP contribution in [-0.2, 0) is 29.5 Å². The molecule has 0 bridgehead atoms. The van der Waals surface area contributed by atoms with E-state index < -0.39 is 46.3 Å². The SMILES string of the molecule is Cc1cc(Cl)c(S(C)(=O)=O)cc1C(=O)O.Cc1cc(S(C)(=O)=O)c(S(C)(=O)=O)cc1C(=O)O. The van der Waals surface area contributed by atoms with E-state index >= 15 is 0 Å². The highest BCUT2D eigenvalue weighted by Crippen LogP contribution is 2.26. The smallest absolute Gasteiger partial charge is 0.335 e. The minimum Gasteiger partial charge on any atom is -0.478 e. The highest BCUT2D eigenvalue weighted by Gasteiger charge is 2.24. The van der Waals surface area contributed by atoms with Gasteiger partial charge in [-0.25, -0.2) is 34.8 Å². The van der Waals surface area contributed by atoms with E-state index in [1.54, 1.807) is 6.92 Å². The maximum absolute atomic E-state index is 11.5. The number of carboxylic acid groups (broad SMARTS) is 2. The normalized spacial score (nSPS) is 11.9. The maximum atomic E-state index is 11.5. The van der Waals surface area contributed by atoms with Crippen LogP contribution in [0, 0.1) is 13.8 Å². The number of sulfone groups is 3. The van der Waals surface area contributed by atoms with Gasteiger partial charge in [-0.3, -0.25) is 0 Å². The highest BCUT2D eigenvalue weighted by molar-refractivity contribution is 7.93. The third kappa shape index (κ3) is 7.25. The molecule has 0 unspecified atom stereocenters. The van der Waals surface area contributed by atoms with E-state index in [1.807, 2.05) is 0 Å². The molecule has 0 aliphatic heterocycles. The van der Waals surface area contributed by atoms with Gasteiger partial charge in [0.1, 0.15) is 0 Å². The predicted molar refractivity (Wildman–Crippen MR) is 121 cm³/mol.